The van der Waals surface area contributed by atoms with E-state index < -0.39 is 10.0 Å². The molecule has 0 aliphatic heterocycles. The quantitative estimate of drug-likeness (QED) is 0.629. The Morgan fingerprint density at radius 1 is 1.16 bits per heavy atom. The molecule has 0 amide bonds. The van der Waals surface area contributed by atoms with Crippen molar-refractivity contribution in [3.8, 4) is 0 Å². The van der Waals surface area contributed by atoms with Crippen LogP contribution in [-0.2, 0) is 32.5 Å². The van der Waals surface area contributed by atoms with Gasteiger partial charge >= 0.3 is 0 Å². The van der Waals surface area contributed by atoms with Crippen LogP contribution in [0.4, 0.5) is 5.69 Å². The molecule has 0 atom stereocenters. The third kappa shape index (κ3) is 6.43. The van der Waals surface area contributed by atoms with Crippen molar-refractivity contribution in [2.75, 3.05) is 17.9 Å². The first kappa shape index (κ1) is 19.9. The van der Waals surface area contributed by atoms with Gasteiger partial charge in [0.1, 0.15) is 4.21 Å². The lowest BCUT2D eigenvalue weighted by atomic mass is 10.2. The number of ether oxygens (including phenoxy) is 2. The summed E-state index contributed by atoms with van der Waals surface area (Å²) in [6.45, 7) is 7.42. The SMILES string of the molecule is CCc1ccc(S(=O)(=O)Nc2cccc(COCCOC(C)C)c2)s1. The van der Waals surface area contributed by atoms with Crippen molar-refractivity contribution in [1.29, 1.82) is 0 Å². The van der Waals surface area contributed by atoms with Crippen molar-refractivity contribution in [2.45, 2.75) is 44.1 Å². The highest BCUT2D eigenvalue weighted by atomic mass is 32.2. The molecule has 0 aliphatic rings. The Hall–Kier alpha value is -1.41. The maximum absolute atomic E-state index is 12.5. The normalized spacial score (nSPS) is 11.8. The molecule has 1 aromatic heterocycles. The van der Waals surface area contributed by atoms with Gasteiger partial charge in [-0.3, -0.25) is 4.72 Å². The second kappa shape index (κ2) is 9.33. The minimum absolute atomic E-state index is 0.187. The average Bonchev–Trinajstić information content (AvgIpc) is 3.04. The van der Waals surface area contributed by atoms with Crippen LogP contribution in [0.3, 0.4) is 0 Å². The first-order valence-electron chi connectivity index (χ1n) is 8.30. The molecule has 138 valence electrons. The van der Waals surface area contributed by atoms with Gasteiger partial charge in [0.25, 0.3) is 10.0 Å². The van der Waals surface area contributed by atoms with Gasteiger partial charge in [-0.15, -0.1) is 11.3 Å². The van der Waals surface area contributed by atoms with E-state index in [2.05, 4.69) is 4.72 Å². The standard InChI is InChI=1S/C18H25NO4S2/c1-4-17-8-9-18(24-17)25(20,21)19-16-7-5-6-15(12-16)13-22-10-11-23-14(2)3/h5-9,12,14,19H,4,10-11,13H2,1-3H3. The van der Waals surface area contributed by atoms with Gasteiger partial charge in [0.05, 0.1) is 25.9 Å². The highest BCUT2D eigenvalue weighted by molar-refractivity contribution is 7.94. The predicted octanol–water partition coefficient (Wildman–Crippen LogP) is 4.05. The van der Waals surface area contributed by atoms with E-state index in [1.807, 2.05) is 39.0 Å². The largest absolute Gasteiger partial charge is 0.376 e. The molecule has 0 bridgehead atoms. The number of benzene rings is 1. The minimum atomic E-state index is -3.55. The van der Waals surface area contributed by atoms with Crippen molar-refractivity contribution in [3.05, 3.63) is 46.8 Å². The van der Waals surface area contributed by atoms with Gasteiger partial charge < -0.3 is 9.47 Å². The Morgan fingerprint density at radius 2 is 1.96 bits per heavy atom. The molecule has 25 heavy (non-hydrogen) atoms. The number of sulfonamides is 1. The zero-order valence-electron chi connectivity index (χ0n) is 14.8. The second-order valence-electron chi connectivity index (χ2n) is 5.85. The maximum atomic E-state index is 12.5. The van der Waals surface area contributed by atoms with E-state index >= 15 is 0 Å². The van der Waals surface area contributed by atoms with Crippen LogP contribution in [0.25, 0.3) is 0 Å². The Balaban J connectivity index is 1.94. The van der Waals surface area contributed by atoms with Crippen molar-refractivity contribution in [3.63, 3.8) is 0 Å². The lowest BCUT2D eigenvalue weighted by Gasteiger charge is -2.10. The van der Waals surface area contributed by atoms with E-state index in [0.717, 1.165) is 16.9 Å². The summed E-state index contributed by atoms with van der Waals surface area (Å²) in [5.74, 6) is 0. The Morgan fingerprint density at radius 3 is 2.64 bits per heavy atom. The van der Waals surface area contributed by atoms with Crippen LogP contribution < -0.4 is 4.72 Å². The third-order valence-corrected chi connectivity index (χ3v) is 6.48. The fourth-order valence-corrected chi connectivity index (χ4v) is 4.50. The molecule has 0 aliphatic carbocycles. The Bertz CT molecular complexity index is 769. The lowest BCUT2D eigenvalue weighted by molar-refractivity contribution is 0.0143. The molecule has 1 aromatic carbocycles. The Kier molecular flexibility index (Phi) is 7.43. The van der Waals surface area contributed by atoms with Gasteiger partial charge in [-0.1, -0.05) is 19.1 Å². The van der Waals surface area contributed by atoms with Crippen molar-refractivity contribution in [1.82, 2.24) is 0 Å². The molecule has 0 radical (unpaired) electrons. The average molecular weight is 384 g/mol. The molecule has 7 heteroatoms. The summed E-state index contributed by atoms with van der Waals surface area (Å²) in [5, 5.41) is 0. The van der Waals surface area contributed by atoms with Gasteiger partial charge in [0.15, 0.2) is 0 Å². The molecule has 0 saturated carbocycles. The maximum Gasteiger partial charge on any atom is 0.271 e. The molecular weight excluding hydrogens is 358 g/mol. The monoisotopic (exact) mass is 383 g/mol. The molecule has 1 heterocycles. The van der Waals surface area contributed by atoms with Crippen LogP contribution in [-0.4, -0.2) is 27.7 Å². The molecular formula is C18H25NO4S2. The fourth-order valence-electron chi connectivity index (χ4n) is 2.16. The van der Waals surface area contributed by atoms with Crippen molar-refractivity contribution in [2.24, 2.45) is 0 Å². The highest BCUT2D eigenvalue weighted by Crippen LogP contribution is 2.24. The minimum Gasteiger partial charge on any atom is -0.376 e. The van der Waals surface area contributed by atoms with Crippen LogP contribution in [0, 0.1) is 0 Å². The molecule has 0 saturated heterocycles. The number of thiophene rings is 1. The van der Waals surface area contributed by atoms with E-state index in [1.54, 1.807) is 18.2 Å². The van der Waals surface area contributed by atoms with E-state index in [4.69, 9.17) is 9.47 Å². The van der Waals surface area contributed by atoms with E-state index in [1.165, 1.54) is 11.3 Å². The number of hydrogen-bond acceptors (Lipinski definition) is 5. The summed E-state index contributed by atoms with van der Waals surface area (Å²) in [6.07, 6.45) is 1.01. The Labute approximate surface area is 154 Å². The number of anilines is 1. The zero-order valence-corrected chi connectivity index (χ0v) is 16.5. The van der Waals surface area contributed by atoms with Crippen molar-refractivity contribution >= 4 is 27.0 Å². The first-order valence-corrected chi connectivity index (χ1v) is 10.6. The molecule has 0 fully saturated rings. The van der Waals surface area contributed by atoms with Gasteiger partial charge in [0, 0.05) is 10.6 Å². The third-order valence-electron chi connectivity index (χ3n) is 3.38. The summed E-state index contributed by atoms with van der Waals surface area (Å²) >= 11 is 1.30. The zero-order chi connectivity index (χ0) is 18.3. The van der Waals surface area contributed by atoms with Gasteiger partial charge in [-0.05, 0) is 50.1 Å². The van der Waals surface area contributed by atoms with Crippen LogP contribution in [0.5, 0.6) is 0 Å². The van der Waals surface area contributed by atoms with Crippen LogP contribution in [0.1, 0.15) is 31.2 Å². The summed E-state index contributed by atoms with van der Waals surface area (Å²) in [4.78, 5) is 1.05. The molecule has 2 aromatic rings. The highest BCUT2D eigenvalue weighted by Gasteiger charge is 2.16. The molecule has 1 N–H and O–H groups in total. The van der Waals surface area contributed by atoms with Gasteiger partial charge in [-0.25, -0.2) is 8.42 Å². The summed E-state index contributed by atoms with van der Waals surface area (Å²) in [6, 6.07) is 10.7. The molecule has 2 rings (SSSR count). The van der Waals surface area contributed by atoms with Gasteiger partial charge in [-0.2, -0.15) is 0 Å². The number of aryl methyl sites for hydroxylation is 1. The van der Waals surface area contributed by atoms with Crippen LogP contribution >= 0.6 is 11.3 Å². The first-order chi connectivity index (χ1) is 11.9. The number of rotatable bonds is 10. The van der Waals surface area contributed by atoms with Crippen molar-refractivity contribution < 1.29 is 17.9 Å². The van der Waals surface area contributed by atoms with Crippen LogP contribution in [0.15, 0.2) is 40.6 Å². The summed E-state index contributed by atoms with van der Waals surface area (Å²) < 4.78 is 38.8. The van der Waals surface area contributed by atoms with E-state index in [9.17, 15) is 8.42 Å². The lowest BCUT2D eigenvalue weighted by Crippen LogP contribution is -2.12. The predicted molar refractivity (Wildman–Crippen MR) is 102 cm³/mol. The number of hydrogen-bond donors (Lipinski definition) is 1. The van der Waals surface area contributed by atoms with Crippen LogP contribution in [0.2, 0.25) is 0 Å². The fraction of sp³-hybridized carbons (Fsp3) is 0.444. The summed E-state index contributed by atoms with van der Waals surface area (Å²) in [7, 11) is -3.55. The molecule has 0 spiro atoms. The van der Waals surface area contributed by atoms with Gasteiger partial charge in [0.2, 0.25) is 0 Å². The summed E-state index contributed by atoms with van der Waals surface area (Å²) in [5.41, 5.74) is 1.44. The molecule has 5 nitrogen and oxygen atoms in total. The topological polar surface area (TPSA) is 64.6 Å². The smallest absolute Gasteiger partial charge is 0.271 e. The number of nitrogens with one attached hydrogen (secondary N) is 1. The molecule has 0 unspecified atom stereocenters. The van der Waals surface area contributed by atoms with E-state index in [0.29, 0.717) is 29.7 Å². The van der Waals surface area contributed by atoms with E-state index in [-0.39, 0.29) is 6.10 Å². The second-order valence-corrected chi connectivity index (χ2v) is 8.93.